The lowest BCUT2D eigenvalue weighted by Gasteiger charge is -2.26. The van der Waals surface area contributed by atoms with Crippen molar-refractivity contribution in [1.29, 1.82) is 5.41 Å². The van der Waals surface area contributed by atoms with E-state index in [-0.39, 0.29) is 16.9 Å². The minimum Gasteiger partial charge on any atom is -0.376 e. The van der Waals surface area contributed by atoms with Crippen molar-refractivity contribution < 1.29 is 27.1 Å². The second-order valence-corrected chi connectivity index (χ2v) is 5.16. The van der Waals surface area contributed by atoms with Crippen molar-refractivity contribution in [3.05, 3.63) is 53.4 Å². The van der Waals surface area contributed by atoms with Crippen LogP contribution in [0.1, 0.15) is 18.1 Å². The van der Waals surface area contributed by atoms with Crippen molar-refractivity contribution in [3.8, 4) is 0 Å². The first-order chi connectivity index (χ1) is 11.1. The van der Waals surface area contributed by atoms with E-state index >= 15 is 0 Å². The van der Waals surface area contributed by atoms with Gasteiger partial charge < -0.3 is 15.8 Å². The van der Waals surface area contributed by atoms with Crippen LogP contribution >= 0.6 is 0 Å². The summed E-state index contributed by atoms with van der Waals surface area (Å²) in [5.41, 5.74) is -3.70. The number of nitrogens with one attached hydrogen (secondary N) is 2. The summed E-state index contributed by atoms with van der Waals surface area (Å²) in [6.07, 6.45) is -2.17. The van der Waals surface area contributed by atoms with E-state index < -0.39 is 29.0 Å². The average Bonchev–Trinajstić information content (AvgIpc) is 2.50. The molecule has 1 aromatic carbocycles. The van der Waals surface area contributed by atoms with E-state index in [1.807, 2.05) is 0 Å². The fraction of sp³-hybridized carbons (Fsp3) is 0.200. The zero-order valence-electron chi connectivity index (χ0n) is 12.2. The minimum atomic E-state index is -4.92. The molecule has 0 spiro atoms. The highest BCUT2D eigenvalue weighted by molar-refractivity contribution is 5.87. The van der Waals surface area contributed by atoms with Gasteiger partial charge in [-0.3, -0.25) is 4.98 Å². The number of hydrogen-bond acceptors (Lipinski definition) is 4. The SMILES string of the molecule is CC(O)(c1cncc(Nc2cc(F)c(F)cc2C=N)c1)C(F)(F)F. The molecule has 0 saturated carbocycles. The number of nitrogens with zero attached hydrogens (tertiary/aromatic N) is 1. The maximum Gasteiger partial charge on any atom is 0.421 e. The molecule has 1 heterocycles. The van der Waals surface area contributed by atoms with E-state index in [1.165, 1.54) is 0 Å². The zero-order valence-corrected chi connectivity index (χ0v) is 12.2. The smallest absolute Gasteiger partial charge is 0.376 e. The Kier molecular flexibility index (Phi) is 4.57. The Morgan fingerprint density at radius 3 is 2.33 bits per heavy atom. The predicted octanol–water partition coefficient (Wildman–Crippen LogP) is 3.87. The number of benzene rings is 1. The first kappa shape index (κ1) is 17.8. The molecule has 1 unspecified atom stereocenters. The van der Waals surface area contributed by atoms with E-state index in [9.17, 15) is 27.1 Å². The lowest BCUT2D eigenvalue weighted by molar-refractivity contribution is -0.258. The summed E-state index contributed by atoms with van der Waals surface area (Å²) in [5, 5.41) is 19.4. The summed E-state index contributed by atoms with van der Waals surface area (Å²) in [7, 11) is 0. The molecule has 0 aliphatic rings. The molecule has 2 rings (SSSR count). The average molecular weight is 345 g/mol. The highest BCUT2D eigenvalue weighted by Crippen LogP contribution is 2.39. The van der Waals surface area contributed by atoms with E-state index in [2.05, 4.69) is 10.3 Å². The molecule has 0 radical (unpaired) electrons. The summed E-state index contributed by atoms with van der Waals surface area (Å²) in [6, 6.07) is 2.52. The van der Waals surface area contributed by atoms with Gasteiger partial charge in [0.15, 0.2) is 17.2 Å². The number of pyridine rings is 1. The summed E-state index contributed by atoms with van der Waals surface area (Å²) in [6.45, 7) is 0.578. The Balaban J connectivity index is 2.41. The van der Waals surface area contributed by atoms with Crippen LogP contribution in [0.2, 0.25) is 0 Å². The van der Waals surface area contributed by atoms with Crippen molar-refractivity contribution in [2.24, 2.45) is 0 Å². The van der Waals surface area contributed by atoms with Crippen molar-refractivity contribution in [2.75, 3.05) is 5.32 Å². The molecule has 0 bridgehead atoms. The van der Waals surface area contributed by atoms with Crippen LogP contribution in [0.5, 0.6) is 0 Å². The fourth-order valence-electron chi connectivity index (χ4n) is 1.88. The monoisotopic (exact) mass is 345 g/mol. The third-order valence-corrected chi connectivity index (χ3v) is 3.38. The van der Waals surface area contributed by atoms with Crippen molar-refractivity contribution in [2.45, 2.75) is 18.7 Å². The van der Waals surface area contributed by atoms with Gasteiger partial charge in [0.25, 0.3) is 0 Å². The molecule has 2 aromatic rings. The number of aliphatic hydroxyl groups is 1. The summed E-state index contributed by atoms with van der Waals surface area (Å²) in [4.78, 5) is 3.61. The highest BCUT2D eigenvalue weighted by Gasteiger charge is 2.51. The van der Waals surface area contributed by atoms with Crippen LogP contribution in [-0.4, -0.2) is 22.5 Å². The van der Waals surface area contributed by atoms with Crippen LogP contribution in [0.15, 0.2) is 30.6 Å². The molecular formula is C15H12F5N3O. The van der Waals surface area contributed by atoms with Crippen molar-refractivity contribution in [1.82, 2.24) is 4.98 Å². The molecule has 0 fully saturated rings. The second kappa shape index (κ2) is 6.16. The van der Waals surface area contributed by atoms with Gasteiger partial charge in [-0.2, -0.15) is 13.2 Å². The number of alkyl halides is 3. The van der Waals surface area contributed by atoms with Gasteiger partial charge in [-0.05, 0) is 19.1 Å². The van der Waals surface area contributed by atoms with Crippen LogP contribution in [0.25, 0.3) is 0 Å². The Bertz CT molecular complexity index is 774. The predicted molar refractivity (Wildman–Crippen MR) is 77.4 cm³/mol. The van der Waals surface area contributed by atoms with Gasteiger partial charge in [0, 0.05) is 29.6 Å². The number of rotatable bonds is 4. The van der Waals surface area contributed by atoms with Gasteiger partial charge in [-0.25, -0.2) is 8.78 Å². The van der Waals surface area contributed by atoms with Crippen LogP contribution in [0, 0.1) is 17.0 Å². The topological polar surface area (TPSA) is 69.0 Å². The molecule has 24 heavy (non-hydrogen) atoms. The number of halogens is 5. The van der Waals surface area contributed by atoms with Gasteiger partial charge in [0.2, 0.25) is 0 Å². The first-order valence-corrected chi connectivity index (χ1v) is 6.57. The third-order valence-electron chi connectivity index (χ3n) is 3.38. The van der Waals surface area contributed by atoms with Gasteiger partial charge in [0.05, 0.1) is 17.6 Å². The van der Waals surface area contributed by atoms with Crippen LogP contribution < -0.4 is 5.32 Å². The highest BCUT2D eigenvalue weighted by atomic mass is 19.4. The molecular weight excluding hydrogens is 333 g/mol. The molecule has 4 nitrogen and oxygen atoms in total. The Labute approximate surface area is 133 Å². The molecule has 128 valence electrons. The Hall–Kier alpha value is -2.55. The lowest BCUT2D eigenvalue weighted by Crippen LogP contribution is -2.39. The van der Waals surface area contributed by atoms with Crippen LogP contribution in [0.3, 0.4) is 0 Å². The van der Waals surface area contributed by atoms with Gasteiger partial charge in [-0.15, -0.1) is 0 Å². The Morgan fingerprint density at radius 1 is 1.12 bits per heavy atom. The quantitative estimate of drug-likeness (QED) is 0.582. The first-order valence-electron chi connectivity index (χ1n) is 6.57. The molecule has 0 amide bonds. The molecule has 1 atom stereocenters. The number of anilines is 2. The summed E-state index contributed by atoms with van der Waals surface area (Å²) >= 11 is 0. The summed E-state index contributed by atoms with van der Waals surface area (Å²) in [5.74, 6) is -2.35. The molecule has 1 aromatic heterocycles. The second-order valence-electron chi connectivity index (χ2n) is 5.16. The van der Waals surface area contributed by atoms with E-state index in [0.29, 0.717) is 6.92 Å². The van der Waals surface area contributed by atoms with E-state index in [1.54, 1.807) is 0 Å². The molecule has 9 heteroatoms. The van der Waals surface area contributed by atoms with Crippen molar-refractivity contribution >= 4 is 17.6 Å². The largest absolute Gasteiger partial charge is 0.421 e. The fourth-order valence-corrected chi connectivity index (χ4v) is 1.88. The van der Waals surface area contributed by atoms with Crippen LogP contribution in [0.4, 0.5) is 33.3 Å². The third kappa shape index (κ3) is 3.35. The lowest BCUT2D eigenvalue weighted by atomic mass is 9.97. The van der Waals surface area contributed by atoms with Gasteiger partial charge >= 0.3 is 6.18 Å². The zero-order chi connectivity index (χ0) is 18.1. The maximum atomic E-state index is 13.3. The van der Waals surface area contributed by atoms with Gasteiger partial charge in [0.1, 0.15) is 0 Å². The van der Waals surface area contributed by atoms with Crippen LogP contribution in [-0.2, 0) is 5.60 Å². The van der Waals surface area contributed by atoms with Gasteiger partial charge in [-0.1, -0.05) is 0 Å². The van der Waals surface area contributed by atoms with E-state index in [4.69, 9.17) is 5.41 Å². The van der Waals surface area contributed by atoms with Crippen molar-refractivity contribution in [3.63, 3.8) is 0 Å². The normalized spacial score (nSPS) is 14.1. The standard InChI is InChI=1S/C15H12F5N3O/c1-14(24,15(18,19)20)9-3-10(7-22-6-9)23-13-4-12(17)11(16)2-8(13)5-21/h2-7,21,23-24H,1H3. The Morgan fingerprint density at radius 2 is 1.75 bits per heavy atom. The maximum absolute atomic E-state index is 13.3. The minimum absolute atomic E-state index is 0.00568. The molecule has 3 N–H and O–H groups in total. The molecule has 0 saturated heterocycles. The molecule has 0 aliphatic carbocycles. The number of aromatic nitrogens is 1. The summed E-state index contributed by atoms with van der Waals surface area (Å²) < 4.78 is 65.1. The number of hydrogen-bond donors (Lipinski definition) is 3. The molecule has 0 aliphatic heterocycles. The van der Waals surface area contributed by atoms with E-state index in [0.717, 1.165) is 36.8 Å².